The second-order valence-electron chi connectivity index (χ2n) is 5.96. The van der Waals surface area contributed by atoms with Crippen molar-refractivity contribution in [2.75, 3.05) is 6.54 Å². The van der Waals surface area contributed by atoms with Crippen LogP contribution in [-0.2, 0) is 18.4 Å². The van der Waals surface area contributed by atoms with E-state index in [0.717, 1.165) is 18.7 Å². The van der Waals surface area contributed by atoms with Crippen LogP contribution in [0.3, 0.4) is 0 Å². The average molecular weight is 294 g/mol. The van der Waals surface area contributed by atoms with Gasteiger partial charge in [-0.2, -0.15) is 0 Å². The number of aliphatic hydroxyl groups excluding tert-OH is 1. The van der Waals surface area contributed by atoms with E-state index < -0.39 is 6.10 Å². The highest BCUT2D eigenvalue weighted by atomic mass is 16.3. The van der Waals surface area contributed by atoms with Crippen molar-refractivity contribution >= 4 is 5.91 Å². The molecule has 0 spiro atoms. The van der Waals surface area contributed by atoms with Crippen LogP contribution in [-0.4, -0.2) is 44.2 Å². The van der Waals surface area contributed by atoms with Crippen molar-refractivity contribution in [2.45, 2.75) is 51.3 Å². The van der Waals surface area contributed by atoms with Crippen molar-refractivity contribution in [3.63, 3.8) is 0 Å². The molecule has 0 aromatic carbocycles. The Bertz CT molecular complexity index is 474. The van der Waals surface area contributed by atoms with Gasteiger partial charge in [0.15, 0.2) is 0 Å². The van der Waals surface area contributed by atoms with Crippen LogP contribution in [0.25, 0.3) is 0 Å². The summed E-state index contributed by atoms with van der Waals surface area (Å²) >= 11 is 0. The molecular formula is C15H26N4O2. The summed E-state index contributed by atoms with van der Waals surface area (Å²) in [5.41, 5.74) is 5.82. The summed E-state index contributed by atoms with van der Waals surface area (Å²) in [6.07, 6.45) is 5.91. The maximum atomic E-state index is 12.7. The monoisotopic (exact) mass is 294 g/mol. The molecule has 2 rings (SSSR count). The lowest BCUT2D eigenvalue weighted by atomic mass is 9.83. The Kier molecular flexibility index (Phi) is 5.36. The van der Waals surface area contributed by atoms with Crippen LogP contribution in [0.4, 0.5) is 0 Å². The van der Waals surface area contributed by atoms with Gasteiger partial charge in [-0.15, -0.1) is 0 Å². The number of nitrogens with two attached hydrogens (primary N) is 1. The Labute approximate surface area is 125 Å². The first kappa shape index (κ1) is 16.0. The number of carbonyl (C=O) groups excluding carboxylic acids is 1. The average Bonchev–Trinajstić information content (AvgIpc) is 2.86. The third-order valence-electron chi connectivity index (χ3n) is 4.28. The molecule has 0 aliphatic heterocycles. The summed E-state index contributed by atoms with van der Waals surface area (Å²) in [6.45, 7) is 3.30. The van der Waals surface area contributed by atoms with E-state index in [4.69, 9.17) is 5.73 Å². The number of hydrogen-bond acceptors (Lipinski definition) is 4. The summed E-state index contributed by atoms with van der Waals surface area (Å²) in [5, 5.41) is 9.90. The van der Waals surface area contributed by atoms with Gasteiger partial charge in [0.2, 0.25) is 5.91 Å². The van der Waals surface area contributed by atoms with Crippen molar-refractivity contribution in [3.8, 4) is 0 Å². The molecule has 3 N–H and O–H groups in total. The van der Waals surface area contributed by atoms with Crippen molar-refractivity contribution in [2.24, 2.45) is 18.7 Å². The standard InChI is InChI=1S/C15H26N4O2/c1-3-7-19(10-14-17-6-8-18(14)2)15(21)11-4-5-12(16)13(20)9-11/h6,8,11-13,20H,3-5,7,9-10,16H2,1-2H3/t11-,12+,13+/m0/s1. The van der Waals surface area contributed by atoms with Gasteiger partial charge in [0.25, 0.3) is 0 Å². The normalized spacial score (nSPS) is 25.8. The number of nitrogens with zero attached hydrogens (tertiary/aromatic N) is 3. The Morgan fingerprint density at radius 3 is 2.90 bits per heavy atom. The molecule has 1 fully saturated rings. The fraction of sp³-hybridized carbons (Fsp3) is 0.733. The van der Waals surface area contributed by atoms with Gasteiger partial charge < -0.3 is 20.3 Å². The minimum atomic E-state index is -0.565. The molecule has 118 valence electrons. The summed E-state index contributed by atoms with van der Waals surface area (Å²) in [5.74, 6) is 0.877. The Hall–Kier alpha value is -1.40. The SMILES string of the molecule is CCCN(Cc1nccn1C)C(=O)[C@H]1CC[C@@H](N)[C@H](O)C1. The van der Waals surface area contributed by atoms with E-state index in [9.17, 15) is 9.90 Å². The lowest BCUT2D eigenvalue weighted by Gasteiger charge is -2.33. The van der Waals surface area contributed by atoms with Crippen LogP contribution in [0.1, 0.15) is 38.4 Å². The molecule has 1 amide bonds. The number of imidazole rings is 1. The van der Waals surface area contributed by atoms with Gasteiger partial charge in [-0.05, 0) is 25.7 Å². The number of aromatic nitrogens is 2. The van der Waals surface area contributed by atoms with Gasteiger partial charge in [0.1, 0.15) is 5.82 Å². The van der Waals surface area contributed by atoms with E-state index in [2.05, 4.69) is 11.9 Å². The second kappa shape index (κ2) is 7.04. The fourth-order valence-electron chi connectivity index (χ4n) is 2.91. The highest BCUT2D eigenvalue weighted by Crippen LogP contribution is 2.26. The first-order valence-electron chi connectivity index (χ1n) is 7.71. The fourth-order valence-corrected chi connectivity index (χ4v) is 2.91. The van der Waals surface area contributed by atoms with E-state index in [1.54, 1.807) is 6.20 Å². The maximum absolute atomic E-state index is 12.7. The zero-order chi connectivity index (χ0) is 15.4. The lowest BCUT2D eigenvalue weighted by Crippen LogP contribution is -2.45. The smallest absolute Gasteiger partial charge is 0.226 e. The molecule has 1 saturated carbocycles. The molecule has 0 bridgehead atoms. The second-order valence-corrected chi connectivity index (χ2v) is 5.96. The van der Waals surface area contributed by atoms with Crippen molar-refractivity contribution in [1.82, 2.24) is 14.5 Å². The predicted octanol–water partition coefficient (Wildman–Crippen LogP) is 0.647. The van der Waals surface area contributed by atoms with Gasteiger partial charge in [-0.25, -0.2) is 4.98 Å². The maximum Gasteiger partial charge on any atom is 0.226 e. The van der Waals surface area contributed by atoms with E-state index in [0.29, 0.717) is 25.9 Å². The molecule has 0 saturated heterocycles. The van der Waals surface area contributed by atoms with Gasteiger partial charge >= 0.3 is 0 Å². The molecule has 21 heavy (non-hydrogen) atoms. The van der Waals surface area contributed by atoms with Crippen molar-refractivity contribution in [3.05, 3.63) is 18.2 Å². The number of amides is 1. The Morgan fingerprint density at radius 1 is 1.57 bits per heavy atom. The number of rotatable bonds is 5. The minimum absolute atomic E-state index is 0.116. The number of aliphatic hydroxyl groups is 1. The first-order valence-corrected chi connectivity index (χ1v) is 7.71. The molecule has 1 aliphatic rings. The molecule has 1 aromatic rings. The molecule has 1 aromatic heterocycles. The van der Waals surface area contributed by atoms with Crippen LogP contribution >= 0.6 is 0 Å². The third kappa shape index (κ3) is 3.83. The molecule has 1 aliphatic carbocycles. The topological polar surface area (TPSA) is 84.4 Å². The Balaban J connectivity index is 2.03. The summed E-state index contributed by atoms with van der Waals surface area (Å²) < 4.78 is 1.93. The lowest BCUT2D eigenvalue weighted by molar-refractivity contribution is -0.139. The van der Waals surface area contributed by atoms with E-state index >= 15 is 0 Å². The van der Waals surface area contributed by atoms with Crippen LogP contribution in [0, 0.1) is 5.92 Å². The summed E-state index contributed by atoms with van der Waals surface area (Å²) in [4.78, 5) is 18.9. The number of carbonyl (C=O) groups is 1. The van der Waals surface area contributed by atoms with Crippen LogP contribution in [0.2, 0.25) is 0 Å². The molecule has 0 radical (unpaired) electrons. The van der Waals surface area contributed by atoms with Gasteiger partial charge in [0.05, 0.1) is 12.6 Å². The molecule has 3 atom stereocenters. The van der Waals surface area contributed by atoms with Crippen LogP contribution in [0.5, 0.6) is 0 Å². The van der Waals surface area contributed by atoms with Crippen LogP contribution < -0.4 is 5.73 Å². The molecule has 6 heteroatoms. The number of hydrogen-bond donors (Lipinski definition) is 2. The molecule has 0 unspecified atom stereocenters. The minimum Gasteiger partial charge on any atom is -0.391 e. The third-order valence-corrected chi connectivity index (χ3v) is 4.28. The predicted molar refractivity (Wildman–Crippen MR) is 80.2 cm³/mol. The molecular weight excluding hydrogens is 268 g/mol. The summed E-state index contributed by atoms with van der Waals surface area (Å²) in [7, 11) is 1.93. The van der Waals surface area contributed by atoms with Gasteiger partial charge in [-0.3, -0.25) is 4.79 Å². The first-order chi connectivity index (χ1) is 10.0. The van der Waals surface area contributed by atoms with E-state index in [-0.39, 0.29) is 17.9 Å². The quantitative estimate of drug-likeness (QED) is 0.835. The van der Waals surface area contributed by atoms with E-state index in [1.807, 2.05) is 22.7 Å². The molecule has 1 heterocycles. The van der Waals surface area contributed by atoms with Crippen molar-refractivity contribution < 1.29 is 9.90 Å². The highest BCUT2D eigenvalue weighted by molar-refractivity contribution is 5.79. The zero-order valence-corrected chi connectivity index (χ0v) is 12.9. The molecule has 6 nitrogen and oxygen atoms in total. The largest absolute Gasteiger partial charge is 0.391 e. The Morgan fingerprint density at radius 2 is 2.33 bits per heavy atom. The zero-order valence-electron chi connectivity index (χ0n) is 12.9. The van der Waals surface area contributed by atoms with E-state index in [1.165, 1.54) is 0 Å². The summed E-state index contributed by atoms with van der Waals surface area (Å²) in [6, 6.07) is -0.191. The number of aryl methyl sites for hydroxylation is 1. The van der Waals surface area contributed by atoms with Gasteiger partial charge in [-0.1, -0.05) is 6.92 Å². The highest BCUT2D eigenvalue weighted by Gasteiger charge is 2.33. The van der Waals surface area contributed by atoms with Gasteiger partial charge in [0, 0.05) is 37.9 Å². The van der Waals surface area contributed by atoms with Crippen LogP contribution in [0.15, 0.2) is 12.4 Å². The van der Waals surface area contributed by atoms with Crippen molar-refractivity contribution in [1.29, 1.82) is 0 Å².